The minimum atomic E-state index is -0.524. The third kappa shape index (κ3) is 2.41. The summed E-state index contributed by atoms with van der Waals surface area (Å²) in [7, 11) is 0. The molecule has 0 aliphatic rings. The molecule has 0 aliphatic carbocycles. The first kappa shape index (κ1) is 12.3. The molecule has 0 bridgehead atoms. The number of rotatable bonds is 4. The summed E-state index contributed by atoms with van der Waals surface area (Å²) in [5.41, 5.74) is 14.2. The Morgan fingerprint density at radius 3 is 2.78 bits per heavy atom. The highest BCUT2D eigenvalue weighted by atomic mass is 16.1. The molecule has 5 nitrogen and oxygen atoms in total. The monoisotopic (exact) mass is 244 g/mol. The van der Waals surface area contributed by atoms with Crippen LogP contribution in [-0.4, -0.2) is 22.2 Å². The molecule has 94 valence electrons. The Bertz CT molecular complexity index is 574. The highest BCUT2D eigenvalue weighted by Crippen LogP contribution is 2.16. The van der Waals surface area contributed by atoms with E-state index in [4.69, 9.17) is 11.5 Å². The molecule has 0 fully saturated rings. The molecule has 1 aromatic carbocycles. The number of amides is 1. The molecule has 1 amide bonds. The molecule has 4 N–H and O–H groups in total. The van der Waals surface area contributed by atoms with Crippen molar-refractivity contribution in [3.63, 3.8) is 0 Å². The Kier molecular flexibility index (Phi) is 3.43. The fraction of sp³-hybridized carbons (Fsp3) is 0.231. The van der Waals surface area contributed by atoms with Gasteiger partial charge < -0.3 is 11.5 Å². The molecular weight excluding hydrogens is 228 g/mol. The first-order chi connectivity index (χ1) is 8.61. The van der Waals surface area contributed by atoms with Crippen LogP contribution in [0.15, 0.2) is 30.5 Å². The molecule has 1 heterocycles. The van der Waals surface area contributed by atoms with Gasteiger partial charge >= 0.3 is 0 Å². The average molecular weight is 244 g/mol. The van der Waals surface area contributed by atoms with Crippen LogP contribution in [0, 0.1) is 6.92 Å². The predicted molar refractivity (Wildman–Crippen MR) is 69.6 cm³/mol. The Labute approximate surface area is 105 Å². The molecule has 0 saturated carbocycles. The number of primary amides is 1. The van der Waals surface area contributed by atoms with Gasteiger partial charge in [-0.15, -0.1) is 0 Å². The summed E-state index contributed by atoms with van der Waals surface area (Å²) in [5, 5.41) is 4.15. The second kappa shape index (κ2) is 5.01. The highest BCUT2D eigenvalue weighted by Gasteiger charge is 2.08. The van der Waals surface area contributed by atoms with Crippen LogP contribution in [0.1, 0.15) is 21.6 Å². The van der Waals surface area contributed by atoms with Crippen LogP contribution in [0.2, 0.25) is 0 Å². The molecule has 2 aromatic rings. The molecule has 1 aromatic heterocycles. The normalized spacial score (nSPS) is 10.6. The summed E-state index contributed by atoms with van der Waals surface area (Å²) >= 11 is 0. The van der Waals surface area contributed by atoms with E-state index in [2.05, 4.69) is 5.10 Å². The largest absolute Gasteiger partial charge is 0.364 e. The standard InChI is InChI=1S/C13H16N4O/c1-9-2-3-10(4-6-14)8-12(9)17-7-5-11(16-17)13(15)18/h2-3,5,7-8H,4,6,14H2,1H3,(H2,15,18). The number of hydrogen-bond acceptors (Lipinski definition) is 3. The topological polar surface area (TPSA) is 86.9 Å². The van der Waals surface area contributed by atoms with E-state index in [1.807, 2.05) is 25.1 Å². The summed E-state index contributed by atoms with van der Waals surface area (Å²) in [6, 6.07) is 7.70. The fourth-order valence-electron chi connectivity index (χ4n) is 1.81. The maximum atomic E-state index is 11.0. The van der Waals surface area contributed by atoms with Gasteiger partial charge in [-0.1, -0.05) is 12.1 Å². The quantitative estimate of drug-likeness (QED) is 0.833. The molecule has 0 radical (unpaired) electrons. The van der Waals surface area contributed by atoms with Crippen molar-refractivity contribution in [3.05, 3.63) is 47.3 Å². The van der Waals surface area contributed by atoms with Crippen molar-refractivity contribution in [2.24, 2.45) is 11.5 Å². The van der Waals surface area contributed by atoms with Crippen molar-refractivity contribution < 1.29 is 4.79 Å². The molecule has 2 rings (SSSR count). The number of carbonyl (C=O) groups is 1. The van der Waals surface area contributed by atoms with Crippen LogP contribution in [0.3, 0.4) is 0 Å². The molecule has 5 heteroatoms. The zero-order chi connectivity index (χ0) is 13.1. The van der Waals surface area contributed by atoms with Crippen LogP contribution < -0.4 is 11.5 Å². The lowest BCUT2D eigenvalue weighted by atomic mass is 10.1. The molecule has 0 atom stereocenters. The molecule has 0 saturated heterocycles. The van der Waals surface area contributed by atoms with Gasteiger partial charge in [0.15, 0.2) is 0 Å². The van der Waals surface area contributed by atoms with E-state index in [0.717, 1.165) is 23.2 Å². The molecule has 0 aliphatic heterocycles. The van der Waals surface area contributed by atoms with E-state index >= 15 is 0 Å². The minimum absolute atomic E-state index is 0.263. The molecule has 18 heavy (non-hydrogen) atoms. The third-order valence-electron chi connectivity index (χ3n) is 2.79. The summed E-state index contributed by atoms with van der Waals surface area (Å²) < 4.78 is 1.66. The van der Waals surface area contributed by atoms with Crippen LogP contribution in [0.25, 0.3) is 5.69 Å². The Hall–Kier alpha value is -2.14. The Morgan fingerprint density at radius 2 is 2.17 bits per heavy atom. The van der Waals surface area contributed by atoms with E-state index in [0.29, 0.717) is 6.54 Å². The Morgan fingerprint density at radius 1 is 1.39 bits per heavy atom. The zero-order valence-electron chi connectivity index (χ0n) is 10.3. The highest BCUT2D eigenvalue weighted by molar-refractivity contribution is 5.90. The molecular formula is C13H16N4O. The van der Waals surface area contributed by atoms with Crippen molar-refractivity contribution >= 4 is 5.91 Å². The van der Waals surface area contributed by atoms with Gasteiger partial charge in [-0.2, -0.15) is 5.10 Å². The van der Waals surface area contributed by atoms with Crippen LogP contribution in [-0.2, 0) is 6.42 Å². The van der Waals surface area contributed by atoms with Crippen LogP contribution in [0.5, 0.6) is 0 Å². The van der Waals surface area contributed by atoms with E-state index in [9.17, 15) is 4.79 Å². The van der Waals surface area contributed by atoms with Gasteiger partial charge in [0.1, 0.15) is 5.69 Å². The number of aromatic nitrogens is 2. The van der Waals surface area contributed by atoms with E-state index in [1.54, 1.807) is 16.9 Å². The summed E-state index contributed by atoms with van der Waals surface area (Å²) in [6.45, 7) is 2.60. The summed E-state index contributed by atoms with van der Waals surface area (Å²) in [5.74, 6) is -0.524. The predicted octanol–water partition coefficient (Wildman–Crippen LogP) is 0.781. The lowest BCUT2D eigenvalue weighted by Gasteiger charge is -2.08. The van der Waals surface area contributed by atoms with Crippen LogP contribution >= 0.6 is 0 Å². The third-order valence-corrected chi connectivity index (χ3v) is 2.79. The van der Waals surface area contributed by atoms with E-state index in [-0.39, 0.29) is 5.69 Å². The van der Waals surface area contributed by atoms with Crippen molar-refractivity contribution in [1.82, 2.24) is 9.78 Å². The molecule has 0 unspecified atom stereocenters. The first-order valence-corrected chi connectivity index (χ1v) is 5.77. The van der Waals surface area contributed by atoms with Crippen molar-refractivity contribution in [1.29, 1.82) is 0 Å². The lowest BCUT2D eigenvalue weighted by molar-refractivity contribution is 0.0995. The van der Waals surface area contributed by atoms with Gasteiger partial charge in [-0.25, -0.2) is 4.68 Å². The summed E-state index contributed by atoms with van der Waals surface area (Å²) in [4.78, 5) is 11.0. The van der Waals surface area contributed by atoms with Gasteiger partial charge in [0.25, 0.3) is 5.91 Å². The number of carbonyl (C=O) groups excluding carboxylic acids is 1. The van der Waals surface area contributed by atoms with Crippen molar-refractivity contribution in [2.75, 3.05) is 6.54 Å². The van der Waals surface area contributed by atoms with Crippen molar-refractivity contribution in [3.8, 4) is 5.69 Å². The molecule has 0 spiro atoms. The Balaban J connectivity index is 2.41. The number of nitrogens with two attached hydrogens (primary N) is 2. The summed E-state index contributed by atoms with van der Waals surface area (Å²) in [6.07, 6.45) is 2.55. The van der Waals surface area contributed by atoms with Gasteiger partial charge in [-0.05, 0) is 43.1 Å². The SMILES string of the molecule is Cc1ccc(CCN)cc1-n1ccc(C(N)=O)n1. The van der Waals surface area contributed by atoms with Crippen molar-refractivity contribution in [2.45, 2.75) is 13.3 Å². The van der Waals surface area contributed by atoms with E-state index in [1.165, 1.54) is 0 Å². The first-order valence-electron chi connectivity index (χ1n) is 5.77. The second-order valence-electron chi connectivity index (χ2n) is 4.17. The van der Waals surface area contributed by atoms with Crippen LogP contribution in [0.4, 0.5) is 0 Å². The number of hydrogen-bond donors (Lipinski definition) is 2. The fourth-order valence-corrected chi connectivity index (χ4v) is 1.81. The smallest absolute Gasteiger partial charge is 0.269 e. The number of aryl methyl sites for hydroxylation is 1. The average Bonchev–Trinajstić information content (AvgIpc) is 2.81. The van der Waals surface area contributed by atoms with E-state index < -0.39 is 5.91 Å². The maximum Gasteiger partial charge on any atom is 0.269 e. The number of nitrogens with zero attached hydrogens (tertiary/aromatic N) is 2. The minimum Gasteiger partial charge on any atom is -0.364 e. The van der Waals surface area contributed by atoms with Gasteiger partial charge in [0.05, 0.1) is 5.69 Å². The van der Waals surface area contributed by atoms with Gasteiger partial charge in [0, 0.05) is 6.20 Å². The zero-order valence-corrected chi connectivity index (χ0v) is 10.3. The lowest BCUT2D eigenvalue weighted by Crippen LogP contribution is -2.12. The van der Waals surface area contributed by atoms with Gasteiger partial charge in [0.2, 0.25) is 0 Å². The number of benzene rings is 1. The van der Waals surface area contributed by atoms with Gasteiger partial charge in [-0.3, -0.25) is 4.79 Å². The second-order valence-corrected chi connectivity index (χ2v) is 4.17. The maximum absolute atomic E-state index is 11.0.